The number of methoxy groups -OCH3 is 1. The summed E-state index contributed by atoms with van der Waals surface area (Å²) in [4.78, 5) is 0. The third-order valence-corrected chi connectivity index (χ3v) is 3.00. The molecule has 2 nitrogen and oxygen atoms in total. The molecule has 3 heteroatoms. The number of benzene rings is 1. The van der Waals surface area contributed by atoms with Crippen molar-refractivity contribution in [3.05, 3.63) is 28.8 Å². The number of hydrogen-bond donors (Lipinski definition) is 1. The van der Waals surface area contributed by atoms with Gasteiger partial charge < -0.3 is 10.1 Å². The first kappa shape index (κ1) is 13.3. The molecular weight excluding hydrogens is 222 g/mol. The Kier molecular flexibility index (Phi) is 4.22. The minimum Gasteiger partial charge on any atom is -0.497 e. The average molecular weight is 242 g/mol. The predicted octanol–water partition coefficient (Wildman–Crippen LogP) is 3.66. The maximum Gasteiger partial charge on any atom is 0.120 e. The van der Waals surface area contributed by atoms with Gasteiger partial charge in [-0.1, -0.05) is 38.4 Å². The molecule has 0 heterocycles. The molecule has 0 aliphatic rings. The molecule has 0 aromatic heterocycles. The molecule has 1 N–H and O–H groups in total. The van der Waals surface area contributed by atoms with Crippen LogP contribution in [0.5, 0.6) is 5.75 Å². The second-order valence-corrected chi connectivity index (χ2v) is 5.38. The third-order valence-electron chi connectivity index (χ3n) is 2.67. The van der Waals surface area contributed by atoms with Gasteiger partial charge in [0.15, 0.2) is 0 Å². The number of nitrogens with one attached hydrogen (secondary N) is 1. The van der Waals surface area contributed by atoms with Crippen molar-refractivity contribution >= 4 is 11.6 Å². The van der Waals surface area contributed by atoms with E-state index in [2.05, 4.69) is 26.1 Å². The molecule has 0 aliphatic carbocycles. The zero-order chi connectivity index (χ0) is 12.3. The van der Waals surface area contributed by atoms with E-state index in [0.717, 1.165) is 16.3 Å². The zero-order valence-corrected chi connectivity index (χ0v) is 11.4. The van der Waals surface area contributed by atoms with Crippen LogP contribution in [-0.4, -0.2) is 14.2 Å². The monoisotopic (exact) mass is 241 g/mol. The fraction of sp³-hybridized carbons (Fsp3) is 0.538. The van der Waals surface area contributed by atoms with Crippen LogP contribution in [-0.2, 0) is 0 Å². The minimum atomic E-state index is 0.118. The van der Waals surface area contributed by atoms with Gasteiger partial charge in [-0.25, -0.2) is 0 Å². The van der Waals surface area contributed by atoms with Crippen molar-refractivity contribution in [1.82, 2.24) is 5.32 Å². The molecule has 0 aliphatic heterocycles. The molecule has 0 amide bonds. The lowest BCUT2D eigenvalue weighted by molar-refractivity contribution is 0.287. The van der Waals surface area contributed by atoms with Crippen LogP contribution in [0.1, 0.15) is 32.4 Å². The fourth-order valence-electron chi connectivity index (χ4n) is 1.92. The van der Waals surface area contributed by atoms with E-state index < -0.39 is 0 Å². The Morgan fingerprint density at radius 3 is 2.31 bits per heavy atom. The molecular formula is C13H20ClNO. The average Bonchev–Trinajstić information content (AvgIpc) is 2.19. The van der Waals surface area contributed by atoms with Crippen molar-refractivity contribution in [2.24, 2.45) is 5.41 Å². The Hall–Kier alpha value is -0.730. The van der Waals surface area contributed by atoms with Crippen LogP contribution in [0.25, 0.3) is 0 Å². The second kappa shape index (κ2) is 5.07. The molecule has 0 bridgehead atoms. The van der Waals surface area contributed by atoms with Gasteiger partial charge in [0.1, 0.15) is 5.75 Å². The number of hydrogen-bond acceptors (Lipinski definition) is 2. The molecule has 1 atom stereocenters. The molecule has 0 spiro atoms. The predicted molar refractivity (Wildman–Crippen MR) is 69.3 cm³/mol. The van der Waals surface area contributed by atoms with Gasteiger partial charge in [0, 0.05) is 11.1 Å². The lowest BCUT2D eigenvalue weighted by Gasteiger charge is -2.31. The smallest absolute Gasteiger partial charge is 0.120 e. The summed E-state index contributed by atoms with van der Waals surface area (Å²) in [5.41, 5.74) is 1.23. The van der Waals surface area contributed by atoms with E-state index in [1.54, 1.807) is 7.11 Å². The van der Waals surface area contributed by atoms with E-state index in [1.165, 1.54) is 0 Å². The van der Waals surface area contributed by atoms with Crippen molar-refractivity contribution in [2.75, 3.05) is 14.2 Å². The van der Waals surface area contributed by atoms with Gasteiger partial charge in [-0.05, 0) is 30.2 Å². The Labute approximate surface area is 103 Å². The van der Waals surface area contributed by atoms with Crippen molar-refractivity contribution in [3.8, 4) is 5.75 Å². The summed E-state index contributed by atoms with van der Waals surface area (Å²) in [7, 11) is 3.60. The summed E-state index contributed by atoms with van der Waals surface area (Å²) in [5.74, 6) is 0.789. The topological polar surface area (TPSA) is 21.3 Å². The normalized spacial score (nSPS) is 13.6. The molecule has 16 heavy (non-hydrogen) atoms. The molecule has 1 rings (SSSR count). The second-order valence-electron chi connectivity index (χ2n) is 4.98. The Bertz CT molecular complexity index is 357. The van der Waals surface area contributed by atoms with Crippen LogP contribution in [0, 0.1) is 5.41 Å². The molecule has 0 fully saturated rings. The van der Waals surface area contributed by atoms with E-state index in [0.29, 0.717) is 0 Å². The number of halogens is 1. The molecule has 0 saturated carbocycles. The van der Waals surface area contributed by atoms with Gasteiger partial charge >= 0.3 is 0 Å². The summed E-state index contributed by atoms with van der Waals surface area (Å²) < 4.78 is 5.14. The van der Waals surface area contributed by atoms with Gasteiger partial charge in [-0.2, -0.15) is 0 Å². The lowest BCUT2D eigenvalue weighted by atomic mass is 9.82. The summed E-state index contributed by atoms with van der Waals surface area (Å²) >= 11 is 6.27. The van der Waals surface area contributed by atoms with E-state index in [1.807, 2.05) is 25.2 Å². The Balaban J connectivity index is 3.12. The maximum absolute atomic E-state index is 6.27. The van der Waals surface area contributed by atoms with Crippen LogP contribution in [0.3, 0.4) is 0 Å². The van der Waals surface area contributed by atoms with Crippen LogP contribution in [0.15, 0.2) is 18.2 Å². The zero-order valence-electron chi connectivity index (χ0n) is 10.6. The van der Waals surface area contributed by atoms with Gasteiger partial charge in [0.2, 0.25) is 0 Å². The SMILES string of the molecule is CNC(c1ccc(OC)cc1Cl)C(C)(C)C. The number of ether oxygens (including phenoxy) is 1. The first-order valence-corrected chi connectivity index (χ1v) is 5.78. The maximum atomic E-state index is 6.27. The van der Waals surface area contributed by atoms with E-state index in [4.69, 9.17) is 16.3 Å². The minimum absolute atomic E-state index is 0.118. The summed E-state index contributed by atoms with van der Waals surface area (Å²) in [6, 6.07) is 6.04. The van der Waals surface area contributed by atoms with E-state index >= 15 is 0 Å². The molecule has 90 valence electrons. The quantitative estimate of drug-likeness (QED) is 0.872. The molecule has 0 saturated heterocycles. The van der Waals surface area contributed by atoms with Crippen molar-refractivity contribution in [1.29, 1.82) is 0 Å². The summed E-state index contributed by atoms with van der Waals surface area (Å²) in [5, 5.41) is 4.06. The fourth-order valence-corrected chi connectivity index (χ4v) is 2.20. The van der Waals surface area contributed by atoms with Gasteiger partial charge in [-0.3, -0.25) is 0 Å². The van der Waals surface area contributed by atoms with E-state index in [9.17, 15) is 0 Å². The van der Waals surface area contributed by atoms with Gasteiger partial charge in [0.25, 0.3) is 0 Å². The van der Waals surface area contributed by atoms with Gasteiger partial charge in [-0.15, -0.1) is 0 Å². The van der Waals surface area contributed by atoms with Gasteiger partial charge in [0.05, 0.1) is 7.11 Å². The molecule has 1 aromatic carbocycles. The Morgan fingerprint density at radius 1 is 1.31 bits per heavy atom. The lowest BCUT2D eigenvalue weighted by Crippen LogP contribution is -2.29. The standard InChI is InChI=1S/C13H20ClNO/c1-13(2,3)12(15-4)10-7-6-9(16-5)8-11(10)14/h6-8,12,15H,1-5H3. The van der Waals surface area contributed by atoms with Crippen molar-refractivity contribution < 1.29 is 4.74 Å². The highest BCUT2D eigenvalue weighted by atomic mass is 35.5. The summed E-state index contributed by atoms with van der Waals surface area (Å²) in [6.07, 6.45) is 0. The van der Waals surface area contributed by atoms with Crippen LogP contribution < -0.4 is 10.1 Å². The van der Waals surface area contributed by atoms with Crippen molar-refractivity contribution in [2.45, 2.75) is 26.8 Å². The molecule has 1 unspecified atom stereocenters. The first-order chi connectivity index (χ1) is 7.40. The molecule has 1 aromatic rings. The highest BCUT2D eigenvalue weighted by Gasteiger charge is 2.26. The van der Waals surface area contributed by atoms with E-state index in [-0.39, 0.29) is 11.5 Å². The largest absolute Gasteiger partial charge is 0.497 e. The molecule has 0 radical (unpaired) electrons. The Morgan fingerprint density at radius 2 is 1.94 bits per heavy atom. The third kappa shape index (κ3) is 2.89. The first-order valence-electron chi connectivity index (χ1n) is 5.41. The summed E-state index contributed by atoms with van der Waals surface area (Å²) in [6.45, 7) is 6.57. The highest BCUT2D eigenvalue weighted by molar-refractivity contribution is 6.31. The number of rotatable bonds is 3. The highest BCUT2D eigenvalue weighted by Crippen LogP contribution is 2.37. The van der Waals surface area contributed by atoms with Crippen LogP contribution >= 0.6 is 11.6 Å². The van der Waals surface area contributed by atoms with Crippen molar-refractivity contribution in [3.63, 3.8) is 0 Å². The van der Waals surface area contributed by atoms with Crippen LogP contribution in [0.2, 0.25) is 5.02 Å². The van der Waals surface area contributed by atoms with Crippen LogP contribution in [0.4, 0.5) is 0 Å².